The molecule has 1 aromatic carbocycles. The Balaban J connectivity index is 1.68. The first-order valence-corrected chi connectivity index (χ1v) is 7.35. The van der Waals surface area contributed by atoms with Gasteiger partial charge in [0.1, 0.15) is 17.5 Å². The minimum absolute atomic E-state index is 0.399. The summed E-state index contributed by atoms with van der Waals surface area (Å²) < 4.78 is 5.20. The molecule has 2 heterocycles. The topological polar surface area (TPSA) is 78.5 Å². The maximum atomic E-state index is 8.78. The molecular weight excluding hydrogens is 284 g/mol. The van der Waals surface area contributed by atoms with Crippen molar-refractivity contribution in [3.05, 3.63) is 53.5 Å². The zero-order valence-electron chi connectivity index (χ0n) is 11.3. The molecule has 0 spiro atoms. The van der Waals surface area contributed by atoms with Gasteiger partial charge < -0.3 is 9.51 Å². The second-order valence-electron chi connectivity index (χ2n) is 4.51. The molecule has 2 aromatic heterocycles. The van der Waals surface area contributed by atoms with Gasteiger partial charge in [-0.25, -0.2) is 0 Å². The Morgan fingerprint density at radius 1 is 1.24 bits per heavy atom. The van der Waals surface area contributed by atoms with Crippen molar-refractivity contribution in [2.45, 2.75) is 17.6 Å². The van der Waals surface area contributed by atoms with Crippen molar-refractivity contribution in [3.63, 3.8) is 0 Å². The van der Waals surface area contributed by atoms with E-state index in [2.05, 4.69) is 46.3 Å². The van der Waals surface area contributed by atoms with Crippen molar-refractivity contribution in [3.8, 4) is 17.7 Å². The largest absolute Gasteiger partial charge is 0.342 e. The summed E-state index contributed by atoms with van der Waals surface area (Å²) in [5.74, 6) is 1.66. The molecule has 0 saturated carbocycles. The number of nitrogens with zero attached hydrogens (tertiary/aromatic N) is 3. The lowest BCUT2D eigenvalue weighted by Gasteiger charge is -1.98. The van der Waals surface area contributed by atoms with Gasteiger partial charge in [-0.15, -0.1) is 11.8 Å². The van der Waals surface area contributed by atoms with Crippen LogP contribution in [-0.2, 0) is 5.75 Å². The van der Waals surface area contributed by atoms with E-state index in [4.69, 9.17) is 9.78 Å². The van der Waals surface area contributed by atoms with E-state index in [9.17, 15) is 0 Å². The molecule has 0 fully saturated rings. The van der Waals surface area contributed by atoms with Crippen LogP contribution in [0.3, 0.4) is 0 Å². The van der Waals surface area contributed by atoms with Gasteiger partial charge in [0, 0.05) is 4.90 Å². The number of nitriles is 1. The second-order valence-corrected chi connectivity index (χ2v) is 5.56. The van der Waals surface area contributed by atoms with Gasteiger partial charge in [0.15, 0.2) is 5.82 Å². The second kappa shape index (κ2) is 5.85. The average Bonchev–Trinajstić information content (AvgIpc) is 3.15. The fourth-order valence-electron chi connectivity index (χ4n) is 1.79. The summed E-state index contributed by atoms with van der Waals surface area (Å²) in [5.41, 5.74) is 2.37. The Morgan fingerprint density at radius 3 is 2.76 bits per heavy atom. The summed E-state index contributed by atoms with van der Waals surface area (Å²) in [6.45, 7) is 2.06. The monoisotopic (exact) mass is 296 g/mol. The van der Waals surface area contributed by atoms with E-state index >= 15 is 0 Å². The van der Waals surface area contributed by atoms with Gasteiger partial charge in [-0.2, -0.15) is 10.2 Å². The molecule has 0 aliphatic rings. The summed E-state index contributed by atoms with van der Waals surface area (Å²) in [7, 11) is 0. The molecular formula is C15H12N4OS. The third-order valence-corrected chi connectivity index (χ3v) is 3.90. The number of H-pyrrole nitrogens is 1. The highest BCUT2D eigenvalue weighted by atomic mass is 32.2. The smallest absolute Gasteiger partial charge is 0.274 e. The first kappa shape index (κ1) is 13.5. The van der Waals surface area contributed by atoms with Gasteiger partial charge in [0.2, 0.25) is 0 Å². The maximum absolute atomic E-state index is 8.78. The van der Waals surface area contributed by atoms with Crippen LogP contribution in [0.25, 0.3) is 11.6 Å². The first-order valence-electron chi connectivity index (χ1n) is 6.36. The minimum Gasteiger partial charge on any atom is -0.342 e. The van der Waals surface area contributed by atoms with Crippen LogP contribution in [0.4, 0.5) is 0 Å². The third-order valence-electron chi connectivity index (χ3n) is 2.89. The number of aromatic nitrogens is 3. The quantitative estimate of drug-likeness (QED) is 0.745. The summed E-state index contributed by atoms with van der Waals surface area (Å²) in [6, 6.07) is 13.8. The molecule has 3 rings (SSSR count). The van der Waals surface area contributed by atoms with Crippen molar-refractivity contribution < 1.29 is 4.52 Å². The van der Waals surface area contributed by atoms with E-state index in [1.165, 1.54) is 10.5 Å². The number of aryl methyl sites for hydroxylation is 1. The molecule has 21 heavy (non-hydrogen) atoms. The van der Waals surface area contributed by atoms with Crippen LogP contribution < -0.4 is 0 Å². The zero-order valence-corrected chi connectivity index (χ0v) is 12.1. The molecule has 0 aliphatic carbocycles. The highest BCUT2D eigenvalue weighted by Gasteiger charge is 2.11. The lowest BCUT2D eigenvalue weighted by molar-refractivity contribution is 0.424. The molecule has 0 bridgehead atoms. The maximum Gasteiger partial charge on any atom is 0.274 e. The predicted octanol–water partition coefficient (Wildman–Crippen LogP) is 3.54. The molecule has 0 saturated heterocycles. The van der Waals surface area contributed by atoms with Crippen LogP contribution in [-0.4, -0.2) is 15.1 Å². The molecule has 3 aromatic rings. The van der Waals surface area contributed by atoms with Gasteiger partial charge in [0.05, 0.1) is 5.75 Å². The van der Waals surface area contributed by atoms with Gasteiger partial charge >= 0.3 is 0 Å². The summed E-state index contributed by atoms with van der Waals surface area (Å²) >= 11 is 1.65. The Kier molecular flexibility index (Phi) is 3.75. The fourth-order valence-corrected chi connectivity index (χ4v) is 2.53. The van der Waals surface area contributed by atoms with Crippen molar-refractivity contribution in [1.82, 2.24) is 15.1 Å². The first-order chi connectivity index (χ1) is 10.2. The standard InChI is InChI=1S/C15H12N4OS/c1-10-2-5-12(6-3-10)21-9-14-18-15(20-19-14)13-7-4-11(8-16)17-13/h2-7,17H,9H2,1H3. The highest BCUT2D eigenvalue weighted by Crippen LogP contribution is 2.23. The average molecular weight is 296 g/mol. The molecule has 5 nitrogen and oxygen atoms in total. The van der Waals surface area contributed by atoms with E-state index in [-0.39, 0.29) is 0 Å². The molecule has 0 unspecified atom stereocenters. The van der Waals surface area contributed by atoms with Crippen molar-refractivity contribution in [2.24, 2.45) is 0 Å². The summed E-state index contributed by atoms with van der Waals surface area (Å²) in [6.07, 6.45) is 0. The molecule has 1 N–H and O–H groups in total. The molecule has 104 valence electrons. The normalized spacial score (nSPS) is 10.5. The minimum atomic E-state index is 0.399. The Bertz CT molecular complexity index is 783. The van der Waals surface area contributed by atoms with E-state index in [0.29, 0.717) is 28.9 Å². The van der Waals surface area contributed by atoms with Crippen molar-refractivity contribution >= 4 is 11.8 Å². The van der Waals surface area contributed by atoms with Gasteiger partial charge in [-0.05, 0) is 31.2 Å². The number of benzene rings is 1. The zero-order chi connectivity index (χ0) is 14.7. The van der Waals surface area contributed by atoms with Crippen LogP contribution in [0, 0.1) is 18.3 Å². The fraction of sp³-hybridized carbons (Fsp3) is 0.133. The van der Waals surface area contributed by atoms with E-state index in [1.54, 1.807) is 23.9 Å². The number of thioether (sulfide) groups is 1. The Labute approximate surface area is 126 Å². The SMILES string of the molecule is Cc1ccc(SCc2noc(-c3ccc(C#N)[nH]3)n2)cc1. The molecule has 6 heteroatoms. The number of aromatic amines is 1. The van der Waals surface area contributed by atoms with Crippen LogP contribution in [0.2, 0.25) is 0 Å². The molecule has 0 radical (unpaired) electrons. The van der Waals surface area contributed by atoms with Crippen LogP contribution >= 0.6 is 11.8 Å². The molecule has 0 atom stereocenters. The van der Waals surface area contributed by atoms with E-state index in [1.807, 2.05) is 6.07 Å². The Morgan fingerprint density at radius 2 is 2.05 bits per heavy atom. The van der Waals surface area contributed by atoms with Crippen molar-refractivity contribution in [2.75, 3.05) is 0 Å². The summed E-state index contributed by atoms with van der Waals surface area (Å²) in [4.78, 5) is 8.40. The number of nitrogens with one attached hydrogen (secondary N) is 1. The Hall–Kier alpha value is -2.52. The van der Waals surface area contributed by atoms with Gasteiger partial charge in [-0.1, -0.05) is 22.9 Å². The van der Waals surface area contributed by atoms with E-state index in [0.717, 1.165) is 0 Å². The number of rotatable bonds is 4. The van der Waals surface area contributed by atoms with E-state index < -0.39 is 0 Å². The molecule has 0 amide bonds. The van der Waals surface area contributed by atoms with Crippen LogP contribution in [0.5, 0.6) is 0 Å². The number of hydrogen-bond acceptors (Lipinski definition) is 5. The summed E-state index contributed by atoms with van der Waals surface area (Å²) in [5, 5.41) is 12.7. The van der Waals surface area contributed by atoms with Gasteiger partial charge in [-0.3, -0.25) is 0 Å². The lowest BCUT2D eigenvalue weighted by atomic mass is 10.2. The lowest BCUT2D eigenvalue weighted by Crippen LogP contribution is -1.84. The van der Waals surface area contributed by atoms with Crippen LogP contribution in [0.1, 0.15) is 17.1 Å². The molecule has 0 aliphatic heterocycles. The van der Waals surface area contributed by atoms with Gasteiger partial charge in [0.25, 0.3) is 5.89 Å². The highest BCUT2D eigenvalue weighted by molar-refractivity contribution is 7.98. The van der Waals surface area contributed by atoms with Crippen molar-refractivity contribution in [1.29, 1.82) is 5.26 Å². The predicted molar refractivity (Wildman–Crippen MR) is 79.5 cm³/mol. The third kappa shape index (κ3) is 3.15. The number of hydrogen-bond donors (Lipinski definition) is 1. The van der Waals surface area contributed by atoms with Crippen LogP contribution in [0.15, 0.2) is 45.8 Å².